The summed E-state index contributed by atoms with van der Waals surface area (Å²) in [6.45, 7) is 0.211. The SMILES string of the molecule is N#Cc1ccc(Cl)cc1NC(=O)C(=O)NCCC(O)c1ccc2c(c1)OCO2. The molecule has 0 spiro atoms. The highest BCUT2D eigenvalue weighted by atomic mass is 35.5. The van der Waals surface area contributed by atoms with Crippen LogP contribution < -0.4 is 20.1 Å². The highest BCUT2D eigenvalue weighted by molar-refractivity contribution is 6.40. The third-order valence-corrected chi connectivity index (χ3v) is 4.28. The first-order valence-corrected chi connectivity index (χ1v) is 8.72. The van der Waals surface area contributed by atoms with Crippen LogP contribution in [0.15, 0.2) is 36.4 Å². The molecular formula is C19H16ClN3O5. The molecule has 0 radical (unpaired) electrons. The van der Waals surface area contributed by atoms with Crippen molar-refractivity contribution in [3.05, 3.63) is 52.5 Å². The maximum absolute atomic E-state index is 12.0. The molecule has 8 nitrogen and oxygen atoms in total. The number of halogens is 1. The number of ether oxygens (including phenoxy) is 2. The van der Waals surface area contributed by atoms with Crippen molar-refractivity contribution in [2.24, 2.45) is 0 Å². The van der Waals surface area contributed by atoms with Gasteiger partial charge in [0.25, 0.3) is 0 Å². The lowest BCUT2D eigenvalue weighted by molar-refractivity contribution is -0.136. The molecule has 1 aliphatic heterocycles. The van der Waals surface area contributed by atoms with E-state index in [9.17, 15) is 14.7 Å². The van der Waals surface area contributed by atoms with E-state index >= 15 is 0 Å². The van der Waals surface area contributed by atoms with Crippen molar-refractivity contribution in [3.8, 4) is 17.6 Å². The van der Waals surface area contributed by atoms with Crippen molar-refractivity contribution in [1.29, 1.82) is 5.26 Å². The number of fused-ring (bicyclic) bond motifs is 1. The number of benzene rings is 2. The molecule has 28 heavy (non-hydrogen) atoms. The largest absolute Gasteiger partial charge is 0.454 e. The van der Waals surface area contributed by atoms with Gasteiger partial charge in [0.2, 0.25) is 6.79 Å². The summed E-state index contributed by atoms with van der Waals surface area (Å²) in [4.78, 5) is 23.9. The predicted molar refractivity (Wildman–Crippen MR) is 99.9 cm³/mol. The van der Waals surface area contributed by atoms with Gasteiger partial charge in [-0.25, -0.2) is 0 Å². The van der Waals surface area contributed by atoms with Gasteiger partial charge in [-0.15, -0.1) is 0 Å². The third-order valence-electron chi connectivity index (χ3n) is 4.04. The van der Waals surface area contributed by atoms with Gasteiger partial charge in [0, 0.05) is 11.6 Å². The van der Waals surface area contributed by atoms with E-state index in [0.717, 1.165) is 0 Å². The van der Waals surface area contributed by atoms with Gasteiger partial charge in [-0.3, -0.25) is 9.59 Å². The molecule has 0 bridgehead atoms. The number of aliphatic hydroxyl groups is 1. The lowest BCUT2D eigenvalue weighted by Gasteiger charge is -2.12. The second kappa shape index (κ2) is 8.61. The van der Waals surface area contributed by atoms with Gasteiger partial charge in [0.05, 0.1) is 17.4 Å². The molecule has 3 N–H and O–H groups in total. The minimum Gasteiger partial charge on any atom is -0.454 e. The number of carbonyl (C=O) groups excluding carboxylic acids is 2. The normalized spacial score (nSPS) is 12.8. The Bertz CT molecular complexity index is 957. The van der Waals surface area contributed by atoms with Crippen LogP contribution in [0.1, 0.15) is 23.7 Å². The molecule has 1 unspecified atom stereocenters. The van der Waals surface area contributed by atoms with Crippen molar-refractivity contribution in [2.45, 2.75) is 12.5 Å². The van der Waals surface area contributed by atoms with Crippen LogP contribution in [0.3, 0.4) is 0 Å². The summed E-state index contributed by atoms with van der Waals surface area (Å²) in [6, 6.07) is 11.3. The van der Waals surface area contributed by atoms with Crippen molar-refractivity contribution >= 4 is 29.1 Å². The van der Waals surface area contributed by atoms with E-state index in [2.05, 4.69) is 10.6 Å². The second-order valence-electron chi connectivity index (χ2n) is 5.93. The zero-order valence-electron chi connectivity index (χ0n) is 14.6. The molecule has 0 fully saturated rings. The predicted octanol–water partition coefficient (Wildman–Crippen LogP) is 2.12. The van der Waals surface area contributed by atoms with Crippen molar-refractivity contribution in [3.63, 3.8) is 0 Å². The topological polar surface area (TPSA) is 121 Å². The molecule has 0 aliphatic carbocycles. The number of nitrogens with one attached hydrogen (secondary N) is 2. The van der Waals surface area contributed by atoms with Crippen LogP contribution >= 0.6 is 11.6 Å². The van der Waals surface area contributed by atoms with E-state index in [1.54, 1.807) is 18.2 Å². The summed E-state index contributed by atoms with van der Waals surface area (Å²) < 4.78 is 10.5. The number of hydrogen-bond donors (Lipinski definition) is 3. The molecule has 0 saturated carbocycles. The Hall–Kier alpha value is -3.28. The van der Waals surface area contributed by atoms with Crippen LogP contribution in [0.2, 0.25) is 5.02 Å². The summed E-state index contributed by atoms with van der Waals surface area (Å²) in [5.74, 6) is -0.661. The standard InChI is InChI=1S/C19H16ClN3O5/c20-13-3-1-12(9-21)14(8-13)23-19(26)18(25)22-6-5-15(24)11-2-4-16-17(7-11)28-10-27-16/h1-4,7-8,15,24H,5-6,10H2,(H,22,25)(H,23,26). The number of nitriles is 1. The van der Waals surface area contributed by atoms with E-state index in [4.69, 9.17) is 26.3 Å². The number of nitrogens with zero attached hydrogens (tertiary/aromatic N) is 1. The molecule has 1 aliphatic rings. The van der Waals surface area contributed by atoms with E-state index < -0.39 is 17.9 Å². The number of aliphatic hydroxyl groups excluding tert-OH is 1. The van der Waals surface area contributed by atoms with Gasteiger partial charge in [-0.05, 0) is 42.3 Å². The van der Waals surface area contributed by atoms with Gasteiger partial charge >= 0.3 is 11.8 Å². The molecule has 9 heteroatoms. The average Bonchev–Trinajstić information content (AvgIpc) is 3.15. The van der Waals surface area contributed by atoms with Gasteiger partial charge in [0.1, 0.15) is 6.07 Å². The first kappa shape index (κ1) is 19.5. The summed E-state index contributed by atoms with van der Waals surface area (Å²) >= 11 is 5.84. The molecule has 2 aromatic carbocycles. The highest BCUT2D eigenvalue weighted by Crippen LogP contribution is 2.34. The zero-order valence-corrected chi connectivity index (χ0v) is 15.3. The van der Waals surface area contributed by atoms with E-state index in [-0.39, 0.29) is 31.0 Å². The molecule has 2 aromatic rings. The fraction of sp³-hybridized carbons (Fsp3) is 0.211. The van der Waals surface area contributed by atoms with Crippen LogP contribution in [-0.2, 0) is 9.59 Å². The summed E-state index contributed by atoms with van der Waals surface area (Å²) in [6.07, 6.45) is -0.657. The molecule has 1 atom stereocenters. The Kier molecular flexibility index (Phi) is 5.99. The molecule has 2 amide bonds. The van der Waals surface area contributed by atoms with Gasteiger partial charge in [-0.1, -0.05) is 17.7 Å². The molecule has 0 aromatic heterocycles. The third kappa shape index (κ3) is 4.52. The Balaban J connectivity index is 1.51. The Morgan fingerprint density at radius 1 is 1.18 bits per heavy atom. The Morgan fingerprint density at radius 3 is 2.75 bits per heavy atom. The first-order chi connectivity index (χ1) is 13.5. The van der Waals surface area contributed by atoms with Gasteiger partial charge in [-0.2, -0.15) is 5.26 Å². The molecular weight excluding hydrogens is 386 g/mol. The van der Waals surface area contributed by atoms with Gasteiger partial charge < -0.3 is 25.2 Å². The molecule has 3 rings (SSSR count). The molecule has 144 valence electrons. The second-order valence-corrected chi connectivity index (χ2v) is 6.37. The number of amides is 2. The van der Waals surface area contributed by atoms with E-state index in [1.807, 2.05) is 6.07 Å². The zero-order chi connectivity index (χ0) is 20.1. The highest BCUT2D eigenvalue weighted by Gasteiger charge is 2.18. The summed E-state index contributed by atoms with van der Waals surface area (Å²) in [5, 5.41) is 24.4. The molecule has 1 heterocycles. The quantitative estimate of drug-likeness (QED) is 0.660. The fourth-order valence-electron chi connectivity index (χ4n) is 2.59. The number of hydrogen-bond acceptors (Lipinski definition) is 6. The smallest absolute Gasteiger partial charge is 0.313 e. The van der Waals surface area contributed by atoms with Crippen LogP contribution in [0.5, 0.6) is 11.5 Å². The van der Waals surface area contributed by atoms with Gasteiger partial charge in [0.15, 0.2) is 11.5 Å². The van der Waals surface area contributed by atoms with Crippen LogP contribution in [0.4, 0.5) is 5.69 Å². The number of anilines is 1. The van der Waals surface area contributed by atoms with Crippen LogP contribution in [0.25, 0.3) is 0 Å². The summed E-state index contributed by atoms with van der Waals surface area (Å²) in [7, 11) is 0. The average molecular weight is 402 g/mol. The minimum absolute atomic E-state index is 0.0719. The van der Waals surface area contributed by atoms with Crippen molar-refractivity contribution in [1.82, 2.24) is 5.32 Å². The number of rotatable bonds is 5. The van der Waals surface area contributed by atoms with Crippen LogP contribution in [0, 0.1) is 11.3 Å². The monoisotopic (exact) mass is 401 g/mol. The lowest BCUT2D eigenvalue weighted by Crippen LogP contribution is -2.36. The molecule has 0 saturated heterocycles. The first-order valence-electron chi connectivity index (χ1n) is 8.34. The van der Waals surface area contributed by atoms with Crippen molar-refractivity contribution in [2.75, 3.05) is 18.7 Å². The maximum Gasteiger partial charge on any atom is 0.313 e. The Labute approximate surface area is 165 Å². The minimum atomic E-state index is -0.934. The summed E-state index contributed by atoms with van der Waals surface area (Å²) in [5.41, 5.74) is 0.944. The number of carbonyl (C=O) groups is 2. The van der Waals surface area contributed by atoms with Crippen molar-refractivity contribution < 1.29 is 24.2 Å². The lowest BCUT2D eigenvalue weighted by atomic mass is 10.1. The van der Waals surface area contributed by atoms with E-state index in [1.165, 1.54) is 18.2 Å². The van der Waals surface area contributed by atoms with Crippen LogP contribution in [-0.4, -0.2) is 30.3 Å². The Morgan fingerprint density at radius 2 is 1.96 bits per heavy atom. The fourth-order valence-corrected chi connectivity index (χ4v) is 2.76. The maximum atomic E-state index is 12.0. The van der Waals surface area contributed by atoms with E-state index in [0.29, 0.717) is 22.1 Å².